The number of ether oxygens (including phenoxy) is 3. The van der Waals surface area contributed by atoms with Crippen LogP contribution in [0, 0.1) is 0 Å². The molecule has 0 unspecified atom stereocenters. The SMILES string of the molecule is FC(F)Oc1ccc(NC(=S)N2CCC[C@H]2c2ccc3c(c2)OCCCO3)cc1. The molecule has 2 aliphatic rings. The van der Waals surface area contributed by atoms with E-state index >= 15 is 0 Å². The van der Waals surface area contributed by atoms with E-state index in [1.807, 2.05) is 12.1 Å². The van der Waals surface area contributed by atoms with Crippen LogP contribution in [0.1, 0.15) is 30.9 Å². The number of rotatable bonds is 4. The standard InChI is InChI=1S/C21H22F2N2O3S/c22-20(23)28-16-7-5-15(6-8-16)24-21(29)25-10-1-3-17(25)14-4-9-18-19(13-14)27-12-2-11-26-18/h4-9,13,17,20H,1-3,10-12H2,(H,24,29)/t17-/m0/s1. The maximum Gasteiger partial charge on any atom is 0.387 e. The second kappa shape index (κ2) is 8.82. The number of thiocarbonyl (C=S) groups is 1. The van der Waals surface area contributed by atoms with Crippen LogP contribution in [0.3, 0.4) is 0 Å². The summed E-state index contributed by atoms with van der Waals surface area (Å²) in [5.74, 6) is 1.67. The van der Waals surface area contributed by atoms with Gasteiger partial charge < -0.3 is 24.4 Å². The van der Waals surface area contributed by atoms with E-state index in [1.165, 1.54) is 12.1 Å². The number of hydrogen-bond acceptors (Lipinski definition) is 4. The summed E-state index contributed by atoms with van der Waals surface area (Å²) in [6, 6.07) is 12.5. The lowest BCUT2D eigenvalue weighted by Crippen LogP contribution is -2.34. The zero-order valence-corrected chi connectivity index (χ0v) is 16.6. The van der Waals surface area contributed by atoms with Gasteiger partial charge in [-0.15, -0.1) is 0 Å². The lowest BCUT2D eigenvalue weighted by Gasteiger charge is -2.28. The Balaban J connectivity index is 1.45. The lowest BCUT2D eigenvalue weighted by molar-refractivity contribution is -0.0498. The van der Waals surface area contributed by atoms with Crippen LogP contribution in [0.2, 0.25) is 0 Å². The van der Waals surface area contributed by atoms with Crippen LogP contribution in [0.25, 0.3) is 0 Å². The number of anilines is 1. The number of nitrogens with one attached hydrogen (secondary N) is 1. The van der Waals surface area contributed by atoms with Gasteiger partial charge in [-0.3, -0.25) is 0 Å². The molecule has 1 atom stereocenters. The average Bonchev–Trinajstić information content (AvgIpc) is 3.08. The van der Waals surface area contributed by atoms with Gasteiger partial charge in [0.25, 0.3) is 0 Å². The molecule has 5 nitrogen and oxygen atoms in total. The first-order valence-electron chi connectivity index (χ1n) is 9.62. The van der Waals surface area contributed by atoms with Gasteiger partial charge in [0.2, 0.25) is 0 Å². The fourth-order valence-corrected chi connectivity index (χ4v) is 3.99. The second-order valence-electron chi connectivity index (χ2n) is 6.94. The van der Waals surface area contributed by atoms with E-state index in [0.29, 0.717) is 18.3 Å². The van der Waals surface area contributed by atoms with E-state index in [1.54, 1.807) is 12.1 Å². The van der Waals surface area contributed by atoms with E-state index in [-0.39, 0.29) is 11.8 Å². The van der Waals surface area contributed by atoms with Gasteiger partial charge in [0.05, 0.1) is 19.3 Å². The van der Waals surface area contributed by atoms with Gasteiger partial charge in [0, 0.05) is 18.7 Å². The summed E-state index contributed by atoms with van der Waals surface area (Å²) in [5.41, 5.74) is 1.86. The van der Waals surface area contributed by atoms with Crippen molar-refractivity contribution in [2.75, 3.05) is 25.1 Å². The van der Waals surface area contributed by atoms with Crippen LogP contribution in [0.4, 0.5) is 14.5 Å². The quantitative estimate of drug-likeness (QED) is 0.704. The predicted octanol–water partition coefficient (Wildman–Crippen LogP) is 4.98. The van der Waals surface area contributed by atoms with Crippen molar-refractivity contribution in [1.29, 1.82) is 0 Å². The Kier molecular flexibility index (Phi) is 5.99. The van der Waals surface area contributed by atoms with Gasteiger partial charge >= 0.3 is 6.61 Å². The molecule has 0 aliphatic carbocycles. The molecule has 1 saturated heterocycles. The second-order valence-corrected chi connectivity index (χ2v) is 7.33. The molecule has 2 aromatic carbocycles. The molecule has 2 heterocycles. The third-order valence-corrected chi connectivity index (χ3v) is 5.34. The van der Waals surface area contributed by atoms with Crippen molar-refractivity contribution in [1.82, 2.24) is 4.90 Å². The fraction of sp³-hybridized carbons (Fsp3) is 0.381. The molecule has 2 aromatic rings. The zero-order chi connectivity index (χ0) is 20.2. The molecule has 1 fully saturated rings. The van der Waals surface area contributed by atoms with Crippen molar-refractivity contribution in [3.8, 4) is 17.2 Å². The van der Waals surface area contributed by atoms with Crippen LogP contribution in [-0.2, 0) is 0 Å². The normalized spacial score (nSPS) is 18.4. The number of likely N-dealkylation sites (tertiary alicyclic amines) is 1. The Morgan fingerprint density at radius 3 is 2.59 bits per heavy atom. The molecule has 0 aromatic heterocycles. The van der Waals surface area contributed by atoms with Crippen LogP contribution in [0.15, 0.2) is 42.5 Å². The predicted molar refractivity (Wildman–Crippen MR) is 110 cm³/mol. The Bertz CT molecular complexity index is 864. The fourth-order valence-electron chi connectivity index (χ4n) is 3.66. The third-order valence-electron chi connectivity index (χ3n) is 5.00. The smallest absolute Gasteiger partial charge is 0.387 e. The molecule has 0 bridgehead atoms. The molecular formula is C21H22F2N2O3S. The first kappa shape index (κ1) is 19.7. The summed E-state index contributed by atoms with van der Waals surface area (Å²) >= 11 is 5.63. The highest BCUT2D eigenvalue weighted by molar-refractivity contribution is 7.80. The largest absolute Gasteiger partial charge is 0.490 e. The zero-order valence-electron chi connectivity index (χ0n) is 15.8. The highest BCUT2D eigenvalue weighted by atomic mass is 32.1. The molecule has 2 aliphatic heterocycles. The van der Waals surface area contributed by atoms with Gasteiger partial charge in [-0.05, 0) is 67.0 Å². The molecule has 1 N–H and O–H groups in total. The molecule has 0 amide bonds. The minimum Gasteiger partial charge on any atom is -0.490 e. The summed E-state index contributed by atoms with van der Waals surface area (Å²) in [6.07, 6.45) is 2.89. The van der Waals surface area contributed by atoms with Crippen LogP contribution in [0.5, 0.6) is 17.2 Å². The highest BCUT2D eigenvalue weighted by Gasteiger charge is 2.29. The van der Waals surface area contributed by atoms with Crippen molar-refractivity contribution < 1.29 is 23.0 Å². The van der Waals surface area contributed by atoms with Crippen LogP contribution in [-0.4, -0.2) is 36.4 Å². The van der Waals surface area contributed by atoms with E-state index in [9.17, 15) is 8.78 Å². The molecule has 0 saturated carbocycles. The highest BCUT2D eigenvalue weighted by Crippen LogP contribution is 2.38. The van der Waals surface area contributed by atoms with E-state index in [0.717, 1.165) is 48.6 Å². The van der Waals surface area contributed by atoms with Gasteiger partial charge in [-0.2, -0.15) is 8.78 Å². The Morgan fingerprint density at radius 1 is 1.07 bits per heavy atom. The number of alkyl halides is 2. The summed E-state index contributed by atoms with van der Waals surface area (Å²) < 4.78 is 40.5. The van der Waals surface area contributed by atoms with Crippen molar-refractivity contribution >= 4 is 23.0 Å². The van der Waals surface area contributed by atoms with Crippen LogP contribution >= 0.6 is 12.2 Å². The monoisotopic (exact) mass is 420 g/mol. The van der Waals surface area contributed by atoms with E-state index in [2.05, 4.69) is 21.0 Å². The maximum atomic E-state index is 12.3. The van der Waals surface area contributed by atoms with Crippen molar-refractivity contribution in [2.24, 2.45) is 0 Å². The summed E-state index contributed by atoms with van der Waals surface area (Å²) in [7, 11) is 0. The Labute approximate surface area is 173 Å². The first-order valence-corrected chi connectivity index (χ1v) is 10.0. The molecule has 154 valence electrons. The molecular weight excluding hydrogens is 398 g/mol. The number of halogens is 2. The third kappa shape index (κ3) is 4.70. The number of fused-ring (bicyclic) bond motifs is 1. The average molecular weight is 420 g/mol. The molecule has 0 spiro atoms. The summed E-state index contributed by atoms with van der Waals surface area (Å²) in [4.78, 5) is 2.15. The lowest BCUT2D eigenvalue weighted by atomic mass is 10.0. The topological polar surface area (TPSA) is 43.0 Å². The van der Waals surface area contributed by atoms with E-state index < -0.39 is 6.61 Å². The minimum absolute atomic E-state index is 0.114. The summed E-state index contributed by atoms with van der Waals surface area (Å²) in [6.45, 7) is -0.680. The van der Waals surface area contributed by atoms with E-state index in [4.69, 9.17) is 21.7 Å². The van der Waals surface area contributed by atoms with Gasteiger partial charge in [0.1, 0.15) is 5.75 Å². The number of benzene rings is 2. The first-order chi connectivity index (χ1) is 14.1. The maximum absolute atomic E-state index is 12.3. The molecule has 4 rings (SSSR count). The van der Waals surface area contributed by atoms with Gasteiger partial charge in [-0.1, -0.05) is 6.07 Å². The number of hydrogen-bond donors (Lipinski definition) is 1. The summed E-state index contributed by atoms with van der Waals surface area (Å²) in [5, 5.41) is 3.79. The van der Waals surface area contributed by atoms with Crippen molar-refractivity contribution in [3.63, 3.8) is 0 Å². The Hall–Kier alpha value is -2.61. The van der Waals surface area contributed by atoms with Crippen LogP contribution < -0.4 is 19.5 Å². The van der Waals surface area contributed by atoms with Crippen molar-refractivity contribution in [3.05, 3.63) is 48.0 Å². The molecule has 29 heavy (non-hydrogen) atoms. The molecule has 8 heteroatoms. The van der Waals surface area contributed by atoms with Crippen molar-refractivity contribution in [2.45, 2.75) is 31.9 Å². The van der Waals surface area contributed by atoms with Gasteiger partial charge in [0.15, 0.2) is 16.6 Å². The Morgan fingerprint density at radius 2 is 1.83 bits per heavy atom. The molecule has 0 radical (unpaired) electrons. The minimum atomic E-state index is -2.84. The number of nitrogens with zero attached hydrogens (tertiary/aromatic N) is 1. The van der Waals surface area contributed by atoms with Gasteiger partial charge in [-0.25, -0.2) is 0 Å².